The van der Waals surface area contributed by atoms with Crippen LogP contribution in [0.3, 0.4) is 0 Å². The normalized spacial score (nSPS) is 26.2. The van der Waals surface area contributed by atoms with E-state index in [1.165, 1.54) is 48.8 Å². The predicted molar refractivity (Wildman–Crippen MR) is 110 cm³/mol. The molecule has 0 aromatic heterocycles. The van der Waals surface area contributed by atoms with E-state index in [0.717, 1.165) is 45.3 Å². The van der Waals surface area contributed by atoms with Crippen molar-refractivity contribution in [1.29, 1.82) is 0 Å². The van der Waals surface area contributed by atoms with Crippen molar-refractivity contribution >= 4 is 5.97 Å². The number of ether oxygens (including phenoxy) is 2. The number of rotatable bonds is 7. The quantitative estimate of drug-likeness (QED) is 0.667. The molecule has 4 heteroatoms. The molecule has 4 nitrogen and oxygen atoms in total. The highest BCUT2D eigenvalue weighted by atomic mass is 16.5. The lowest BCUT2D eigenvalue weighted by Crippen LogP contribution is -2.33. The highest BCUT2D eigenvalue weighted by molar-refractivity contribution is 5.73. The predicted octanol–water partition coefficient (Wildman–Crippen LogP) is 3.93. The number of hydrogen-bond acceptors (Lipinski definition) is 4. The molecule has 1 aromatic carbocycles. The van der Waals surface area contributed by atoms with E-state index in [2.05, 4.69) is 30.1 Å². The first kappa shape index (κ1) is 19.9. The van der Waals surface area contributed by atoms with Crippen LogP contribution in [-0.2, 0) is 33.5 Å². The molecule has 2 aliphatic heterocycles. The number of fused-ring (bicyclic) bond motifs is 1. The monoisotopic (exact) mass is 385 g/mol. The SMILES string of the molecule is CN1CCCC1COC(=O)C(Cc1ccc2c(c1)CCCC2)CC1CCCO1. The van der Waals surface area contributed by atoms with Crippen molar-refractivity contribution < 1.29 is 14.3 Å². The molecule has 1 aliphatic carbocycles. The molecule has 2 heterocycles. The van der Waals surface area contributed by atoms with E-state index in [0.29, 0.717) is 12.6 Å². The zero-order valence-corrected chi connectivity index (χ0v) is 17.3. The number of carbonyl (C=O) groups excluding carboxylic acids is 1. The van der Waals surface area contributed by atoms with Crippen molar-refractivity contribution in [2.45, 2.75) is 76.4 Å². The second-order valence-corrected chi connectivity index (χ2v) is 8.99. The van der Waals surface area contributed by atoms with E-state index in [1.807, 2.05) is 0 Å². The fourth-order valence-corrected chi connectivity index (χ4v) is 5.09. The Morgan fingerprint density at radius 1 is 1.18 bits per heavy atom. The summed E-state index contributed by atoms with van der Waals surface area (Å²) >= 11 is 0. The fraction of sp³-hybridized carbons (Fsp3) is 0.708. The highest BCUT2D eigenvalue weighted by Gasteiger charge is 2.29. The van der Waals surface area contributed by atoms with Crippen LogP contribution in [0, 0.1) is 5.92 Å². The van der Waals surface area contributed by atoms with Crippen molar-refractivity contribution in [3.05, 3.63) is 34.9 Å². The average Bonchev–Trinajstić information content (AvgIpc) is 3.37. The number of carbonyl (C=O) groups is 1. The van der Waals surface area contributed by atoms with Crippen molar-refractivity contribution in [2.24, 2.45) is 5.92 Å². The van der Waals surface area contributed by atoms with E-state index in [4.69, 9.17) is 9.47 Å². The molecule has 2 saturated heterocycles. The lowest BCUT2D eigenvalue weighted by atomic mass is 9.87. The summed E-state index contributed by atoms with van der Waals surface area (Å²) in [6, 6.07) is 7.24. The van der Waals surface area contributed by atoms with Gasteiger partial charge in [-0.25, -0.2) is 0 Å². The van der Waals surface area contributed by atoms with Crippen LogP contribution in [0.5, 0.6) is 0 Å². The number of aryl methyl sites for hydroxylation is 2. The topological polar surface area (TPSA) is 38.8 Å². The van der Waals surface area contributed by atoms with Gasteiger partial charge in [-0.2, -0.15) is 0 Å². The maximum absolute atomic E-state index is 13.0. The molecule has 3 aliphatic rings. The number of benzene rings is 1. The molecule has 3 unspecified atom stereocenters. The molecule has 28 heavy (non-hydrogen) atoms. The third-order valence-electron chi connectivity index (χ3n) is 6.89. The maximum Gasteiger partial charge on any atom is 0.309 e. The molecular formula is C24H35NO3. The van der Waals surface area contributed by atoms with Crippen LogP contribution in [0.1, 0.15) is 61.6 Å². The summed E-state index contributed by atoms with van der Waals surface area (Å²) in [4.78, 5) is 15.3. The van der Waals surface area contributed by atoms with Crippen LogP contribution in [0.4, 0.5) is 0 Å². The Balaban J connectivity index is 1.41. The molecule has 0 amide bonds. The van der Waals surface area contributed by atoms with Crippen LogP contribution < -0.4 is 0 Å². The van der Waals surface area contributed by atoms with Crippen molar-refractivity contribution in [3.63, 3.8) is 0 Å². The largest absolute Gasteiger partial charge is 0.464 e. The summed E-state index contributed by atoms with van der Waals surface area (Å²) in [5.74, 6) is -0.134. The molecule has 0 radical (unpaired) electrons. The molecule has 2 fully saturated rings. The Kier molecular flexibility index (Phi) is 6.69. The fourth-order valence-electron chi connectivity index (χ4n) is 5.09. The Morgan fingerprint density at radius 2 is 2.04 bits per heavy atom. The van der Waals surface area contributed by atoms with Crippen molar-refractivity contribution in [2.75, 3.05) is 26.8 Å². The molecule has 0 saturated carbocycles. The standard InChI is InChI=1S/C24H35NO3/c1-25-12-4-8-22(25)17-28-24(26)21(16-23-9-5-13-27-23)15-18-10-11-19-6-2-3-7-20(19)14-18/h10-11,14,21-23H,2-9,12-13,15-17H2,1H3. The summed E-state index contributed by atoms with van der Waals surface area (Å²) in [5, 5.41) is 0. The molecule has 0 N–H and O–H groups in total. The van der Waals surface area contributed by atoms with Gasteiger partial charge in [-0.15, -0.1) is 0 Å². The first-order valence-electron chi connectivity index (χ1n) is 11.3. The zero-order chi connectivity index (χ0) is 19.3. The van der Waals surface area contributed by atoms with Crippen LogP contribution in [0.2, 0.25) is 0 Å². The van der Waals surface area contributed by atoms with Gasteiger partial charge in [0.2, 0.25) is 0 Å². The molecule has 3 atom stereocenters. The lowest BCUT2D eigenvalue weighted by molar-refractivity contribution is -0.151. The number of esters is 1. The Hall–Kier alpha value is -1.39. The van der Waals surface area contributed by atoms with Gasteiger partial charge in [-0.05, 0) is 94.5 Å². The average molecular weight is 386 g/mol. The second-order valence-electron chi connectivity index (χ2n) is 8.99. The van der Waals surface area contributed by atoms with Crippen molar-refractivity contribution in [1.82, 2.24) is 4.90 Å². The smallest absolute Gasteiger partial charge is 0.309 e. The van der Waals surface area contributed by atoms with E-state index in [-0.39, 0.29) is 18.0 Å². The minimum atomic E-state index is -0.101. The summed E-state index contributed by atoms with van der Waals surface area (Å²) < 4.78 is 11.7. The summed E-state index contributed by atoms with van der Waals surface area (Å²) in [6.07, 6.45) is 11.2. The third kappa shape index (κ3) is 4.96. The first-order chi connectivity index (χ1) is 13.7. The lowest BCUT2D eigenvalue weighted by Gasteiger charge is -2.23. The van der Waals surface area contributed by atoms with Crippen LogP contribution in [-0.4, -0.2) is 49.8 Å². The molecule has 1 aromatic rings. The van der Waals surface area contributed by atoms with Gasteiger partial charge >= 0.3 is 5.97 Å². The van der Waals surface area contributed by atoms with E-state index >= 15 is 0 Å². The molecule has 0 spiro atoms. The highest BCUT2D eigenvalue weighted by Crippen LogP contribution is 2.27. The minimum Gasteiger partial charge on any atom is -0.464 e. The zero-order valence-electron chi connectivity index (χ0n) is 17.3. The molecule has 154 valence electrons. The Morgan fingerprint density at radius 3 is 2.79 bits per heavy atom. The van der Waals surface area contributed by atoms with Crippen LogP contribution in [0.15, 0.2) is 18.2 Å². The number of likely N-dealkylation sites (N-methyl/N-ethyl adjacent to an activating group) is 1. The van der Waals surface area contributed by atoms with Gasteiger partial charge in [-0.3, -0.25) is 4.79 Å². The molecule has 0 bridgehead atoms. The van der Waals surface area contributed by atoms with Gasteiger partial charge < -0.3 is 14.4 Å². The van der Waals surface area contributed by atoms with Gasteiger partial charge in [-0.1, -0.05) is 18.2 Å². The number of nitrogens with zero attached hydrogens (tertiary/aromatic N) is 1. The van der Waals surface area contributed by atoms with Gasteiger partial charge in [0.05, 0.1) is 12.0 Å². The third-order valence-corrected chi connectivity index (χ3v) is 6.89. The summed E-state index contributed by atoms with van der Waals surface area (Å²) in [7, 11) is 2.13. The van der Waals surface area contributed by atoms with E-state index < -0.39 is 0 Å². The summed E-state index contributed by atoms with van der Waals surface area (Å²) in [5.41, 5.74) is 4.26. The van der Waals surface area contributed by atoms with E-state index in [1.54, 1.807) is 0 Å². The van der Waals surface area contributed by atoms with Crippen LogP contribution in [0.25, 0.3) is 0 Å². The minimum absolute atomic E-state index is 0.0338. The Bertz CT molecular complexity index is 668. The van der Waals surface area contributed by atoms with Crippen LogP contribution >= 0.6 is 0 Å². The maximum atomic E-state index is 13.0. The van der Waals surface area contributed by atoms with Gasteiger partial charge in [0.25, 0.3) is 0 Å². The Labute approximate surface area is 169 Å². The summed E-state index contributed by atoms with van der Waals surface area (Å²) in [6.45, 7) is 2.47. The van der Waals surface area contributed by atoms with Gasteiger partial charge in [0.15, 0.2) is 0 Å². The first-order valence-corrected chi connectivity index (χ1v) is 11.3. The van der Waals surface area contributed by atoms with E-state index in [9.17, 15) is 4.79 Å². The van der Waals surface area contributed by atoms with Crippen molar-refractivity contribution in [3.8, 4) is 0 Å². The second kappa shape index (κ2) is 9.41. The molecular weight excluding hydrogens is 350 g/mol. The van der Waals surface area contributed by atoms with Gasteiger partial charge in [0.1, 0.15) is 6.61 Å². The molecule has 4 rings (SSSR count). The van der Waals surface area contributed by atoms with Gasteiger partial charge in [0, 0.05) is 12.6 Å². The number of hydrogen-bond donors (Lipinski definition) is 0. The number of likely N-dealkylation sites (tertiary alicyclic amines) is 1.